The second-order valence-electron chi connectivity index (χ2n) is 7.47. The van der Waals surface area contributed by atoms with Gasteiger partial charge in [-0.15, -0.1) is 0 Å². The van der Waals surface area contributed by atoms with Crippen molar-refractivity contribution in [1.82, 2.24) is 14.7 Å². The summed E-state index contributed by atoms with van der Waals surface area (Å²) >= 11 is 0. The van der Waals surface area contributed by atoms with Crippen molar-refractivity contribution < 1.29 is 8.42 Å². The van der Waals surface area contributed by atoms with Crippen LogP contribution in [0, 0.1) is 0 Å². The number of benzene rings is 1. The van der Waals surface area contributed by atoms with Gasteiger partial charge < -0.3 is 4.90 Å². The van der Waals surface area contributed by atoms with Crippen LogP contribution in [0.15, 0.2) is 42.1 Å². The summed E-state index contributed by atoms with van der Waals surface area (Å²) in [7, 11) is -3.45. The van der Waals surface area contributed by atoms with E-state index >= 15 is 0 Å². The van der Waals surface area contributed by atoms with Crippen molar-refractivity contribution in [2.24, 2.45) is 0 Å². The Balaban J connectivity index is 1.36. The van der Waals surface area contributed by atoms with Gasteiger partial charge in [0.05, 0.1) is 0 Å². The van der Waals surface area contributed by atoms with E-state index in [0.717, 1.165) is 50.2 Å². The summed E-state index contributed by atoms with van der Waals surface area (Å²) in [5.41, 5.74) is 3.35. The molecule has 1 saturated heterocycles. The molecule has 1 fully saturated rings. The van der Waals surface area contributed by atoms with Crippen LogP contribution < -0.4 is 9.62 Å². The number of sulfonamides is 1. The topological polar surface area (TPSA) is 75.2 Å². The summed E-state index contributed by atoms with van der Waals surface area (Å²) in [5, 5.41) is 1.26. The average Bonchev–Trinajstić information content (AvgIpc) is 2.73. The van der Waals surface area contributed by atoms with Crippen molar-refractivity contribution in [3.63, 3.8) is 0 Å². The van der Waals surface area contributed by atoms with Crippen LogP contribution in [0.1, 0.15) is 42.5 Å². The molecule has 2 heterocycles. The molecule has 28 heavy (non-hydrogen) atoms. The average molecular weight is 399 g/mol. The van der Waals surface area contributed by atoms with Crippen LogP contribution in [0.5, 0.6) is 0 Å². The maximum Gasteiger partial charge on any atom is 0.233 e. The fourth-order valence-electron chi connectivity index (χ4n) is 3.99. The maximum absolute atomic E-state index is 12.4. The second kappa shape index (κ2) is 8.41. The van der Waals surface area contributed by atoms with E-state index in [2.05, 4.69) is 19.6 Å². The third kappa shape index (κ3) is 4.59. The zero-order valence-corrected chi connectivity index (χ0v) is 16.7. The molecule has 0 saturated carbocycles. The van der Waals surface area contributed by atoms with Gasteiger partial charge in [0.2, 0.25) is 10.0 Å². The summed E-state index contributed by atoms with van der Waals surface area (Å²) in [6.07, 6.45) is 9.32. The van der Waals surface area contributed by atoms with Crippen molar-refractivity contribution >= 4 is 21.9 Å². The molecular weight excluding hydrogens is 372 g/mol. The number of aromatic nitrogens is 2. The van der Waals surface area contributed by atoms with E-state index in [1.54, 1.807) is 12.4 Å². The lowest BCUT2D eigenvalue weighted by Crippen LogP contribution is -2.44. The maximum atomic E-state index is 12.4. The molecule has 6 nitrogen and oxygen atoms in total. The number of hydrogen-bond acceptors (Lipinski definition) is 5. The van der Waals surface area contributed by atoms with Crippen LogP contribution in [0.25, 0.3) is 6.08 Å². The highest BCUT2D eigenvalue weighted by molar-refractivity contribution is 7.92. The molecule has 0 spiro atoms. The smallest absolute Gasteiger partial charge is 0.233 e. The minimum Gasteiger partial charge on any atom is -0.356 e. The van der Waals surface area contributed by atoms with E-state index in [1.807, 2.05) is 30.3 Å². The van der Waals surface area contributed by atoms with Crippen molar-refractivity contribution in [3.8, 4) is 0 Å². The van der Waals surface area contributed by atoms with Gasteiger partial charge in [-0.1, -0.05) is 30.3 Å². The second-order valence-corrected chi connectivity index (χ2v) is 9.07. The Hall–Kier alpha value is -2.25. The van der Waals surface area contributed by atoms with Gasteiger partial charge in [-0.25, -0.2) is 23.1 Å². The number of piperidine rings is 1. The van der Waals surface area contributed by atoms with Gasteiger partial charge in [-0.3, -0.25) is 0 Å². The minimum absolute atomic E-state index is 0.0423. The Labute approximate surface area is 166 Å². The number of nitrogens with zero attached hydrogens (tertiary/aromatic N) is 3. The number of fused-ring (bicyclic) bond motifs is 1. The fraction of sp³-hybridized carbons (Fsp3) is 0.429. The summed E-state index contributed by atoms with van der Waals surface area (Å²) < 4.78 is 27.6. The van der Waals surface area contributed by atoms with Crippen LogP contribution in [0.4, 0.5) is 5.82 Å². The molecule has 0 amide bonds. The number of hydrogen-bond donors (Lipinski definition) is 1. The molecule has 0 bridgehead atoms. The fourth-order valence-corrected chi connectivity index (χ4v) is 5.10. The normalized spacial score (nSPS) is 18.4. The van der Waals surface area contributed by atoms with Crippen LogP contribution in [-0.2, 0) is 22.9 Å². The van der Waals surface area contributed by atoms with Gasteiger partial charge in [-0.2, -0.15) is 0 Å². The monoisotopic (exact) mass is 398 g/mol. The first-order valence-electron chi connectivity index (χ1n) is 9.94. The summed E-state index contributed by atoms with van der Waals surface area (Å²) in [4.78, 5) is 11.3. The number of aryl methyl sites for hydroxylation is 1. The molecule has 0 radical (unpaired) electrons. The highest BCUT2D eigenvalue weighted by atomic mass is 32.2. The van der Waals surface area contributed by atoms with Crippen LogP contribution >= 0.6 is 0 Å². The van der Waals surface area contributed by atoms with Gasteiger partial charge in [0.1, 0.15) is 12.1 Å². The third-order valence-corrected chi connectivity index (χ3v) is 6.62. The highest BCUT2D eigenvalue weighted by Gasteiger charge is 2.26. The molecular formula is C21H26N4O2S. The molecule has 1 aliphatic heterocycles. The first-order valence-corrected chi connectivity index (χ1v) is 11.5. The van der Waals surface area contributed by atoms with E-state index in [1.165, 1.54) is 29.5 Å². The molecule has 1 N–H and O–H groups in total. The van der Waals surface area contributed by atoms with Gasteiger partial charge in [0.25, 0.3) is 0 Å². The van der Waals surface area contributed by atoms with Gasteiger partial charge in [0, 0.05) is 35.8 Å². The predicted molar refractivity (Wildman–Crippen MR) is 111 cm³/mol. The van der Waals surface area contributed by atoms with Crippen LogP contribution in [-0.4, -0.2) is 37.5 Å². The van der Waals surface area contributed by atoms with Crippen molar-refractivity contribution in [3.05, 3.63) is 58.9 Å². The largest absolute Gasteiger partial charge is 0.356 e. The number of rotatable bonds is 5. The van der Waals surface area contributed by atoms with E-state index in [0.29, 0.717) is 0 Å². The zero-order valence-electron chi connectivity index (χ0n) is 15.9. The number of anilines is 1. The third-order valence-electron chi connectivity index (χ3n) is 5.47. The Bertz CT molecular complexity index is 936. The standard InChI is InChI=1S/C21H26N4O2S/c26-28(27,15-12-17-6-2-1-3-7-17)24-18-10-13-25(14-11-18)21-19-8-4-5-9-20(19)22-16-23-21/h1-3,6-7,12,15-16,18,24H,4-5,8-11,13-14H2/b15-12+. The molecule has 0 atom stereocenters. The van der Waals surface area contributed by atoms with Crippen molar-refractivity contribution in [1.29, 1.82) is 0 Å². The summed E-state index contributed by atoms with van der Waals surface area (Å²) in [5.74, 6) is 1.05. The summed E-state index contributed by atoms with van der Waals surface area (Å²) in [6, 6.07) is 9.41. The van der Waals surface area contributed by atoms with Crippen LogP contribution in [0.2, 0.25) is 0 Å². The van der Waals surface area contributed by atoms with Gasteiger partial charge in [-0.05, 0) is 50.2 Å². The molecule has 2 aromatic rings. The molecule has 1 aromatic heterocycles. The Morgan fingerprint density at radius 1 is 1.04 bits per heavy atom. The SMILES string of the molecule is O=S(=O)(/C=C/c1ccccc1)NC1CCN(c2ncnc3c2CCCC3)CC1. The first kappa shape index (κ1) is 19.1. The quantitative estimate of drug-likeness (QED) is 0.838. The lowest BCUT2D eigenvalue weighted by Gasteiger charge is -2.34. The predicted octanol–water partition coefficient (Wildman–Crippen LogP) is 2.91. The van der Waals surface area contributed by atoms with Crippen molar-refractivity contribution in [2.45, 2.75) is 44.6 Å². The lowest BCUT2D eigenvalue weighted by molar-refractivity contribution is 0.459. The van der Waals surface area contributed by atoms with Crippen LogP contribution in [0.3, 0.4) is 0 Å². The molecule has 2 aliphatic rings. The van der Waals surface area contributed by atoms with E-state index in [9.17, 15) is 8.42 Å². The van der Waals surface area contributed by atoms with Crippen molar-refractivity contribution in [2.75, 3.05) is 18.0 Å². The van der Waals surface area contributed by atoms with E-state index in [-0.39, 0.29) is 6.04 Å². The molecule has 1 aromatic carbocycles. The molecule has 7 heteroatoms. The first-order chi connectivity index (χ1) is 13.6. The highest BCUT2D eigenvalue weighted by Crippen LogP contribution is 2.29. The zero-order chi connectivity index (χ0) is 19.4. The van der Waals surface area contributed by atoms with Gasteiger partial charge >= 0.3 is 0 Å². The Kier molecular flexibility index (Phi) is 5.73. The molecule has 4 rings (SSSR count). The van der Waals surface area contributed by atoms with Gasteiger partial charge in [0.15, 0.2) is 0 Å². The minimum atomic E-state index is -3.45. The Morgan fingerprint density at radius 2 is 1.79 bits per heavy atom. The lowest BCUT2D eigenvalue weighted by atomic mass is 9.95. The number of nitrogens with one attached hydrogen (secondary N) is 1. The van der Waals surface area contributed by atoms with E-state index in [4.69, 9.17) is 0 Å². The summed E-state index contributed by atoms with van der Waals surface area (Å²) in [6.45, 7) is 1.61. The molecule has 148 valence electrons. The molecule has 0 unspecified atom stereocenters. The van der Waals surface area contributed by atoms with E-state index < -0.39 is 10.0 Å². The molecule has 1 aliphatic carbocycles. The Morgan fingerprint density at radius 3 is 2.57 bits per heavy atom.